The lowest BCUT2D eigenvalue weighted by Gasteiger charge is -2.13. The minimum Gasteiger partial charge on any atom is -0.489 e. The molecule has 4 rings (SSSR count). The van der Waals surface area contributed by atoms with E-state index in [1.807, 2.05) is 43.5 Å². The molecule has 2 aliphatic rings. The Morgan fingerprint density at radius 3 is 2.71 bits per heavy atom. The summed E-state index contributed by atoms with van der Waals surface area (Å²) in [5, 5.41) is 0.546. The first-order chi connectivity index (χ1) is 13.6. The van der Waals surface area contributed by atoms with Gasteiger partial charge in [0.25, 0.3) is 0 Å². The van der Waals surface area contributed by atoms with Gasteiger partial charge in [-0.15, -0.1) is 0 Å². The summed E-state index contributed by atoms with van der Waals surface area (Å²) in [6.07, 6.45) is 3.07. The van der Waals surface area contributed by atoms with E-state index in [4.69, 9.17) is 25.8 Å². The summed E-state index contributed by atoms with van der Waals surface area (Å²) in [6.45, 7) is 7.17. The predicted molar refractivity (Wildman–Crippen MR) is 108 cm³/mol. The van der Waals surface area contributed by atoms with Crippen LogP contribution in [-0.2, 0) is 22.4 Å². The number of hydrogen-bond donors (Lipinski definition) is 0. The molecule has 1 saturated carbocycles. The second-order valence-electron chi connectivity index (χ2n) is 6.73. The average molecular weight is 407 g/mol. The third-order valence-electron chi connectivity index (χ3n) is 4.64. The van der Waals surface area contributed by atoms with Gasteiger partial charge in [0.05, 0.1) is 43.2 Å². The number of carbonyl (C=O) groups is 1. The molecular formula is C21H27ClN2O4. The SMILES string of the molecule is CC.COC(=O)c1nc(-c2ccc(OC3CC3)c(Cl)c2)n2c1CCOC(C)C2. The lowest BCUT2D eigenvalue weighted by atomic mass is 10.2. The van der Waals surface area contributed by atoms with Crippen molar-refractivity contribution in [2.45, 2.75) is 58.8 Å². The Kier molecular flexibility index (Phi) is 6.62. The van der Waals surface area contributed by atoms with E-state index in [1.54, 1.807) is 0 Å². The summed E-state index contributed by atoms with van der Waals surface area (Å²) in [6, 6.07) is 5.63. The van der Waals surface area contributed by atoms with E-state index in [0.717, 1.165) is 24.1 Å². The number of esters is 1. The molecule has 1 unspecified atom stereocenters. The van der Waals surface area contributed by atoms with Gasteiger partial charge in [-0.05, 0) is 38.0 Å². The fraction of sp³-hybridized carbons (Fsp3) is 0.524. The van der Waals surface area contributed by atoms with Crippen LogP contribution in [0.1, 0.15) is 49.8 Å². The third kappa shape index (κ3) is 4.33. The second-order valence-corrected chi connectivity index (χ2v) is 7.13. The Bertz CT molecular complexity index is 845. The molecule has 6 nitrogen and oxygen atoms in total. The topological polar surface area (TPSA) is 62.6 Å². The van der Waals surface area contributed by atoms with E-state index in [9.17, 15) is 4.79 Å². The molecule has 1 aliphatic carbocycles. The zero-order valence-corrected chi connectivity index (χ0v) is 17.6. The highest BCUT2D eigenvalue weighted by Gasteiger charge is 2.28. The van der Waals surface area contributed by atoms with Crippen LogP contribution < -0.4 is 4.74 Å². The highest BCUT2D eigenvalue weighted by molar-refractivity contribution is 6.32. The molecule has 7 heteroatoms. The summed E-state index contributed by atoms with van der Waals surface area (Å²) < 4.78 is 18.5. The average Bonchev–Trinajstić information content (AvgIpc) is 3.48. The minimum atomic E-state index is -0.436. The molecule has 28 heavy (non-hydrogen) atoms. The van der Waals surface area contributed by atoms with Gasteiger partial charge in [0.2, 0.25) is 0 Å². The Morgan fingerprint density at radius 2 is 2.07 bits per heavy atom. The van der Waals surface area contributed by atoms with Gasteiger partial charge in [0.1, 0.15) is 11.6 Å². The van der Waals surface area contributed by atoms with Gasteiger partial charge >= 0.3 is 5.97 Å². The van der Waals surface area contributed by atoms with Crippen molar-refractivity contribution in [2.75, 3.05) is 13.7 Å². The number of methoxy groups -OCH3 is 1. The van der Waals surface area contributed by atoms with Gasteiger partial charge < -0.3 is 18.8 Å². The summed E-state index contributed by atoms with van der Waals surface area (Å²) in [7, 11) is 1.37. The highest BCUT2D eigenvalue weighted by atomic mass is 35.5. The van der Waals surface area contributed by atoms with Crippen molar-refractivity contribution in [3.8, 4) is 17.1 Å². The molecule has 0 spiro atoms. The highest BCUT2D eigenvalue weighted by Crippen LogP contribution is 2.35. The Hall–Kier alpha value is -2.05. The zero-order valence-electron chi connectivity index (χ0n) is 16.8. The van der Waals surface area contributed by atoms with Crippen LogP contribution in [0.4, 0.5) is 0 Å². The molecule has 1 aliphatic heterocycles. The van der Waals surface area contributed by atoms with Crippen LogP contribution in [0.2, 0.25) is 5.02 Å². The largest absolute Gasteiger partial charge is 0.489 e. The molecular weight excluding hydrogens is 380 g/mol. The number of benzene rings is 1. The molecule has 1 aromatic heterocycles. The molecule has 1 aromatic carbocycles. The van der Waals surface area contributed by atoms with Gasteiger partial charge in [0.15, 0.2) is 5.69 Å². The fourth-order valence-corrected chi connectivity index (χ4v) is 3.41. The fourth-order valence-electron chi connectivity index (χ4n) is 3.18. The van der Waals surface area contributed by atoms with Crippen molar-refractivity contribution in [2.24, 2.45) is 0 Å². The number of carbonyl (C=O) groups excluding carboxylic acids is 1. The van der Waals surface area contributed by atoms with Crippen molar-refractivity contribution < 1.29 is 19.0 Å². The van der Waals surface area contributed by atoms with Gasteiger partial charge in [-0.3, -0.25) is 0 Å². The standard InChI is InChI=1S/C19H21ClN2O4.C2H6/c1-11-10-22-15(7-8-25-11)17(19(23)24-2)21-18(22)12-3-6-16(14(20)9-12)26-13-4-5-13;1-2/h3,6,9,11,13H,4-5,7-8,10H2,1-2H3;1-2H3. The van der Waals surface area contributed by atoms with Crippen molar-refractivity contribution >= 4 is 17.6 Å². The van der Waals surface area contributed by atoms with Crippen molar-refractivity contribution in [1.29, 1.82) is 0 Å². The van der Waals surface area contributed by atoms with Crippen LogP contribution in [0.25, 0.3) is 11.4 Å². The lowest BCUT2D eigenvalue weighted by molar-refractivity contribution is 0.0591. The number of rotatable bonds is 4. The van der Waals surface area contributed by atoms with Crippen LogP contribution in [-0.4, -0.2) is 41.4 Å². The maximum Gasteiger partial charge on any atom is 0.358 e. The van der Waals surface area contributed by atoms with E-state index in [-0.39, 0.29) is 12.2 Å². The maximum atomic E-state index is 12.2. The molecule has 152 valence electrons. The number of ether oxygens (including phenoxy) is 3. The number of imidazole rings is 1. The van der Waals surface area contributed by atoms with Crippen molar-refractivity contribution in [3.63, 3.8) is 0 Å². The number of halogens is 1. The van der Waals surface area contributed by atoms with Gasteiger partial charge in [0, 0.05) is 12.0 Å². The summed E-state index contributed by atoms with van der Waals surface area (Å²) in [5.74, 6) is 0.942. The number of nitrogens with zero attached hydrogens (tertiary/aromatic N) is 2. The summed E-state index contributed by atoms with van der Waals surface area (Å²) in [4.78, 5) is 16.8. The van der Waals surface area contributed by atoms with Crippen LogP contribution >= 0.6 is 11.6 Å². The van der Waals surface area contributed by atoms with Gasteiger partial charge in [-0.1, -0.05) is 25.4 Å². The Morgan fingerprint density at radius 1 is 1.32 bits per heavy atom. The maximum absolute atomic E-state index is 12.2. The Balaban J connectivity index is 0.00000109. The monoisotopic (exact) mass is 406 g/mol. The van der Waals surface area contributed by atoms with Crippen LogP contribution in [0.15, 0.2) is 18.2 Å². The van der Waals surface area contributed by atoms with E-state index >= 15 is 0 Å². The number of hydrogen-bond acceptors (Lipinski definition) is 5. The Labute approximate surface area is 170 Å². The van der Waals surface area contributed by atoms with Crippen molar-refractivity contribution in [3.05, 3.63) is 34.6 Å². The van der Waals surface area contributed by atoms with E-state index in [0.29, 0.717) is 41.9 Å². The molecule has 0 bridgehead atoms. The minimum absolute atomic E-state index is 0.0302. The van der Waals surface area contributed by atoms with Gasteiger partial charge in [-0.2, -0.15) is 0 Å². The smallest absolute Gasteiger partial charge is 0.358 e. The quantitative estimate of drug-likeness (QED) is 0.698. The van der Waals surface area contributed by atoms with E-state index in [2.05, 4.69) is 4.98 Å². The summed E-state index contributed by atoms with van der Waals surface area (Å²) in [5.41, 5.74) is 2.02. The molecule has 0 radical (unpaired) electrons. The van der Waals surface area contributed by atoms with Gasteiger partial charge in [-0.25, -0.2) is 9.78 Å². The predicted octanol–water partition coefficient (Wildman–Crippen LogP) is 4.52. The lowest BCUT2D eigenvalue weighted by Crippen LogP contribution is -2.15. The van der Waals surface area contributed by atoms with E-state index in [1.165, 1.54) is 7.11 Å². The van der Waals surface area contributed by atoms with Crippen LogP contribution in [0.5, 0.6) is 5.75 Å². The first-order valence-electron chi connectivity index (χ1n) is 9.82. The molecule has 2 aromatic rings. The molecule has 0 N–H and O–H groups in total. The van der Waals surface area contributed by atoms with Crippen LogP contribution in [0, 0.1) is 0 Å². The molecule has 0 saturated heterocycles. The molecule has 1 fully saturated rings. The molecule has 2 heterocycles. The second kappa shape index (κ2) is 8.97. The normalized spacial score (nSPS) is 18.4. The number of aromatic nitrogens is 2. The summed E-state index contributed by atoms with van der Waals surface area (Å²) >= 11 is 6.41. The first kappa shape index (κ1) is 20.7. The first-order valence-corrected chi connectivity index (χ1v) is 10.2. The molecule has 0 amide bonds. The van der Waals surface area contributed by atoms with Crippen molar-refractivity contribution in [1.82, 2.24) is 9.55 Å². The van der Waals surface area contributed by atoms with E-state index < -0.39 is 5.97 Å². The number of fused-ring (bicyclic) bond motifs is 1. The zero-order chi connectivity index (χ0) is 20.3. The third-order valence-corrected chi connectivity index (χ3v) is 4.94. The molecule has 1 atom stereocenters. The van der Waals surface area contributed by atoms with Crippen LogP contribution in [0.3, 0.4) is 0 Å².